The molecular weight excluding hydrogens is 386 g/mol. The van der Waals surface area contributed by atoms with Crippen LogP contribution in [0.2, 0.25) is 0 Å². The summed E-state index contributed by atoms with van der Waals surface area (Å²) in [5, 5.41) is 4.88. The average molecular weight is 407 g/mol. The maximum absolute atomic E-state index is 12.9. The standard InChI is InChI=1S/C22H21N3O3S/c1-13-20(21(26)24-16-7-5-14-9-10-25(2)17(14)12-16)29-22(23-13)15-6-8-18(27-3)19(11-15)28-4/h5-12H,1-4H3,(H,24,26). The Labute approximate surface area is 172 Å². The zero-order valence-electron chi connectivity index (χ0n) is 16.6. The van der Waals surface area contributed by atoms with E-state index in [0.29, 0.717) is 22.1 Å². The first-order valence-electron chi connectivity index (χ1n) is 9.06. The van der Waals surface area contributed by atoms with E-state index in [1.165, 1.54) is 11.3 Å². The van der Waals surface area contributed by atoms with Crippen LogP contribution in [0.5, 0.6) is 11.5 Å². The van der Waals surface area contributed by atoms with Crippen LogP contribution in [0, 0.1) is 6.92 Å². The molecule has 4 rings (SSSR count). The zero-order valence-corrected chi connectivity index (χ0v) is 17.5. The van der Waals surface area contributed by atoms with Crippen LogP contribution in [-0.2, 0) is 7.05 Å². The lowest BCUT2D eigenvalue weighted by molar-refractivity contribution is 0.103. The first-order valence-corrected chi connectivity index (χ1v) is 9.88. The van der Waals surface area contributed by atoms with E-state index >= 15 is 0 Å². The molecule has 0 aliphatic heterocycles. The number of hydrogen-bond donors (Lipinski definition) is 1. The van der Waals surface area contributed by atoms with E-state index < -0.39 is 0 Å². The zero-order chi connectivity index (χ0) is 20.5. The number of aromatic nitrogens is 2. The fourth-order valence-electron chi connectivity index (χ4n) is 3.23. The van der Waals surface area contributed by atoms with Crippen LogP contribution in [0.3, 0.4) is 0 Å². The molecule has 1 amide bonds. The Hall–Kier alpha value is -3.32. The Morgan fingerprint density at radius 2 is 1.86 bits per heavy atom. The van der Waals surface area contributed by atoms with Crippen LogP contribution in [0.25, 0.3) is 21.5 Å². The van der Waals surface area contributed by atoms with E-state index in [0.717, 1.165) is 27.2 Å². The van der Waals surface area contributed by atoms with Crippen molar-refractivity contribution in [3.63, 3.8) is 0 Å². The summed E-state index contributed by atoms with van der Waals surface area (Å²) in [4.78, 5) is 18.0. The van der Waals surface area contributed by atoms with Crippen LogP contribution in [-0.4, -0.2) is 29.7 Å². The molecule has 2 aromatic carbocycles. The lowest BCUT2D eigenvalue weighted by Crippen LogP contribution is -2.11. The number of carbonyl (C=O) groups excluding carboxylic acids is 1. The number of hydrogen-bond acceptors (Lipinski definition) is 5. The van der Waals surface area contributed by atoms with Gasteiger partial charge in [-0.25, -0.2) is 4.98 Å². The van der Waals surface area contributed by atoms with E-state index in [9.17, 15) is 4.79 Å². The lowest BCUT2D eigenvalue weighted by atomic mass is 10.2. The smallest absolute Gasteiger partial charge is 0.267 e. The summed E-state index contributed by atoms with van der Waals surface area (Å²) in [6.07, 6.45) is 2.00. The first kappa shape index (κ1) is 19.0. The maximum Gasteiger partial charge on any atom is 0.267 e. The van der Waals surface area contributed by atoms with E-state index in [2.05, 4.69) is 10.3 Å². The van der Waals surface area contributed by atoms with Crippen molar-refractivity contribution < 1.29 is 14.3 Å². The summed E-state index contributed by atoms with van der Waals surface area (Å²) in [6, 6.07) is 13.5. The van der Waals surface area contributed by atoms with Gasteiger partial charge in [0, 0.05) is 30.0 Å². The van der Waals surface area contributed by atoms with Gasteiger partial charge in [0.1, 0.15) is 9.88 Å². The molecule has 0 fully saturated rings. The Kier molecular flexibility index (Phi) is 4.98. The van der Waals surface area contributed by atoms with E-state index in [-0.39, 0.29) is 5.91 Å². The molecule has 0 saturated heterocycles. The molecule has 6 nitrogen and oxygen atoms in total. The Morgan fingerprint density at radius 1 is 1.07 bits per heavy atom. The number of methoxy groups -OCH3 is 2. The second-order valence-electron chi connectivity index (χ2n) is 6.66. The number of carbonyl (C=O) groups is 1. The molecule has 0 bridgehead atoms. The number of aryl methyl sites for hydroxylation is 2. The minimum Gasteiger partial charge on any atom is -0.493 e. The summed E-state index contributed by atoms with van der Waals surface area (Å²) in [7, 11) is 5.17. The monoisotopic (exact) mass is 407 g/mol. The predicted molar refractivity (Wildman–Crippen MR) is 116 cm³/mol. The van der Waals surface area contributed by atoms with Gasteiger partial charge in [0.05, 0.1) is 19.9 Å². The highest BCUT2D eigenvalue weighted by Gasteiger charge is 2.18. The van der Waals surface area contributed by atoms with Crippen molar-refractivity contribution in [1.82, 2.24) is 9.55 Å². The average Bonchev–Trinajstić information content (AvgIpc) is 3.30. The molecule has 0 radical (unpaired) electrons. The largest absolute Gasteiger partial charge is 0.493 e. The molecule has 0 saturated carbocycles. The number of nitrogens with zero attached hydrogens (tertiary/aromatic N) is 2. The van der Waals surface area contributed by atoms with Gasteiger partial charge in [-0.1, -0.05) is 6.07 Å². The topological polar surface area (TPSA) is 65.4 Å². The Bertz CT molecular complexity index is 1210. The first-order chi connectivity index (χ1) is 14.0. The van der Waals surface area contributed by atoms with Gasteiger partial charge in [-0.2, -0.15) is 0 Å². The molecule has 0 atom stereocenters. The highest BCUT2D eigenvalue weighted by molar-refractivity contribution is 7.17. The fourth-order valence-corrected chi connectivity index (χ4v) is 4.19. The maximum atomic E-state index is 12.9. The van der Waals surface area contributed by atoms with Crippen molar-refractivity contribution in [2.75, 3.05) is 19.5 Å². The molecule has 2 aromatic heterocycles. The highest BCUT2D eigenvalue weighted by Crippen LogP contribution is 2.35. The number of thiazole rings is 1. The van der Waals surface area contributed by atoms with Gasteiger partial charge in [-0.3, -0.25) is 4.79 Å². The number of benzene rings is 2. The molecule has 0 unspecified atom stereocenters. The van der Waals surface area contributed by atoms with Crippen LogP contribution >= 0.6 is 11.3 Å². The van der Waals surface area contributed by atoms with Crippen molar-refractivity contribution in [3.05, 3.63) is 59.2 Å². The summed E-state index contributed by atoms with van der Waals surface area (Å²) in [5.74, 6) is 1.11. The predicted octanol–water partition coefficient (Wildman–Crippen LogP) is 4.88. The summed E-state index contributed by atoms with van der Waals surface area (Å²) in [5.41, 5.74) is 3.39. The minimum absolute atomic E-state index is 0.166. The molecule has 0 spiro atoms. The molecule has 1 N–H and O–H groups in total. The van der Waals surface area contributed by atoms with Gasteiger partial charge >= 0.3 is 0 Å². The van der Waals surface area contributed by atoms with Gasteiger partial charge in [-0.15, -0.1) is 11.3 Å². The van der Waals surface area contributed by atoms with Gasteiger partial charge in [0.15, 0.2) is 11.5 Å². The summed E-state index contributed by atoms with van der Waals surface area (Å²) in [6.45, 7) is 1.84. The van der Waals surface area contributed by atoms with Crippen molar-refractivity contribution in [3.8, 4) is 22.1 Å². The van der Waals surface area contributed by atoms with Gasteiger partial charge in [0.25, 0.3) is 5.91 Å². The molecular formula is C22H21N3O3S. The van der Waals surface area contributed by atoms with Gasteiger partial charge < -0.3 is 19.4 Å². The number of nitrogens with one attached hydrogen (secondary N) is 1. The summed E-state index contributed by atoms with van der Waals surface area (Å²) < 4.78 is 12.7. The van der Waals surface area contributed by atoms with Gasteiger partial charge in [0.2, 0.25) is 0 Å². The molecule has 0 aliphatic rings. The van der Waals surface area contributed by atoms with Crippen molar-refractivity contribution in [2.24, 2.45) is 7.05 Å². The Morgan fingerprint density at radius 3 is 2.62 bits per heavy atom. The van der Waals surface area contributed by atoms with Crippen molar-refractivity contribution in [1.29, 1.82) is 0 Å². The molecule has 2 heterocycles. The van der Waals surface area contributed by atoms with Crippen LogP contribution in [0.4, 0.5) is 5.69 Å². The van der Waals surface area contributed by atoms with Gasteiger partial charge in [-0.05, 0) is 48.7 Å². The molecule has 0 aliphatic carbocycles. The third kappa shape index (κ3) is 3.56. The molecule has 148 valence electrons. The third-order valence-electron chi connectivity index (χ3n) is 4.78. The Balaban J connectivity index is 1.61. The second-order valence-corrected chi connectivity index (χ2v) is 7.66. The van der Waals surface area contributed by atoms with Crippen molar-refractivity contribution >= 4 is 33.8 Å². The minimum atomic E-state index is -0.166. The third-order valence-corrected chi connectivity index (χ3v) is 5.98. The van der Waals surface area contributed by atoms with Crippen LogP contribution < -0.4 is 14.8 Å². The molecule has 4 aromatic rings. The SMILES string of the molecule is COc1ccc(-c2nc(C)c(C(=O)Nc3ccc4ccn(C)c4c3)s2)cc1OC. The van der Waals surface area contributed by atoms with E-state index in [1.54, 1.807) is 14.2 Å². The number of rotatable bonds is 5. The number of anilines is 1. The number of fused-ring (bicyclic) bond motifs is 1. The number of amides is 1. The normalized spacial score (nSPS) is 10.9. The quantitative estimate of drug-likeness (QED) is 0.512. The van der Waals surface area contributed by atoms with Crippen LogP contribution in [0.1, 0.15) is 15.4 Å². The lowest BCUT2D eigenvalue weighted by Gasteiger charge is -2.08. The van der Waals surface area contributed by atoms with E-state index in [4.69, 9.17) is 9.47 Å². The van der Waals surface area contributed by atoms with E-state index in [1.807, 2.05) is 67.2 Å². The summed E-state index contributed by atoms with van der Waals surface area (Å²) >= 11 is 1.36. The highest BCUT2D eigenvalue weighted by atomic mass is 32.1. The van der Waals surface area contributed by atoms with Crippen molar-refractivity contribution in [2.45, 2.75) is 6.92 Å². The molecule has 7 heteroatoms. The fraction of sp³-hybridized carbons (Fsp3) is 0.182. The molecule has 29 heavy (non-hydrogen) atoms. The van der Waals surface area contributed by atoms with Crippen LogP contribution in [0.15, 0.2) is 48.7 Å². The number of ether oxygens (including phenoxy) is 2. The second kappa shape index (κ2) is 7.60.